The van der Waals surface area contributed by atoms with Crippen LogP contribution in [0.4, 0.5) is 0 Å². The molecule has 1 saturated carbocycles. The molecule has 3 rings (SSSR count). The number of rotatable bonds is 4. The van der Waals surface area contributed by atoms with Gasteiger partial charge in [0.15, 0.2) is 0 Å². The van der Waals surface area contributed by atoms with E-state index in [9.17, 15) is 0 Å². The SMILES string of the molecule is CCCC1(Cn2ccc3c2CC(C)(C)CC3N)CC1. The number of aromatic nitrogens is 1. The van der Waals surface area contributed by atoms with Crippen LogP contribution in [0.2, 0.25) is 0 Å². The summed E-state index contributed by atoms with van der Waals surface area (Å²) in [4.78, 5) is 0. The highest BCUT2D eigenvalue weighted by Crippen LogP contribution is 2.52. The van der Waals surface area contributed by atoms with Crippen molar-refractivity contribution in [1.82, 2.24) is 4.57 Å². The first-order chi connectivity index (χ1) is 8.95. The lowest BCUT2D eigenvalue weighted by Gasteiger charge is -2.35. The molecule has 19 heavy (non-hydrogen) atoms. The van der Waals surface area contributed by atoms with Crippen LogP contribution in [0.5, 0.6) is 0 Å². The van der Waals surface area contributed by atoms with Crippen molar-refractivity contribution in [1.29, 1.82) is 0 Å². The molecule has 2 nitrogen and oxygen atoms in total. The molecule has 2 aliphatic carbocycles. The van der Waals surface area contributed by atoms with Gasteiger partial charge in [0.25, 0.3) is 0 Å². The largest absolute Gasteiger partial charge is 0.351 e. The molecule has 0 spiro atoms. The van der Waals surface area contributed by atoms with E-state index in [1.165, 1.54) is 49.9 Å². The molecule has 0 bridgehead atoms. The van der Waals surface area contributed by atoms with Crippen LogP contribution >= 0.6 is 0 Å². The molecule has 1 atom stereocenters. The van der Waals surface area contributed by atoms with Crippen molar-refractivity contribution in [2.45, 2.75) is 71.9 Å². The molecule has 1 aromatic heterocycles. The molecule has 0 aliphatic heterocycles. The van der Waals surface area contributed by atoms with E-state index >= 15 is 0 Å². The number of nitrogens with two attached hydrogens (primary N) is 1. The highest BCUT2D eigenvalue weighted by Gasteiger charge is 2.42. The summed E-state index contributed by atoms with van der Waals surface area (Å²) < 4.78 is 2.53. The molecule has 0 aromatic carbocycles. The third-order valence-corrected chi connectivity index (χ3v) is 5.18. The lowest BCUT2D eigenvalue weighted by Crippen LogP contribution is -2.31. The Morgan fingerprint density at radius 3 is 2.74 bits per heavy atom. The van der Waals surface area contributed by atoms with Gasteiger partial charge in [0.05, 0.1) is 0 Å². The van der Waals surface area contributed by atoms with Gasteiger partial charge in [-0.25, -0.2) is 0 Å². The lowest BCUT2D eigenvalue weighted by molar-refractivity contribution is 0.269. The number of hydrogen-bond donors (Lipinski definition) is 1. The van der Waals surface area contributed by atoms with Crippen LogP contribution in [-0.4, -0.2) is 4.57 Å². The van der Waals surface area contributed by atoms with Gasteiger partial charge in [-0.05, 0) is 54.6 Å². The maximum atomic E-state index is 6.36. The summed E-state index contributed by atoms with van der Waals surface area (Å²) >= 11 is 0. The van der Waals surface area contributed by atoms with Crippen molar-refractivity contribution >= 4 is 0 Å². The Balaban J connectivity index is 1.85. The lowest BCUT2D eigenvalue weighted by atomic mass is 9.74. The molecule has 1 fully saturated rings. The second-order valence-corrected chi connectivity index (χ2v) is 7.75. The first-order valence-electron chi connectivity index (χ1n) is 7.88. The van der Waals surface area contributed by atoms with Crippen LogP contribution in [0, 0.1) is 10.8 Å². The Morgan fingerprint density at radius 1 is 1.37 bits per heavy atom. The monoisotopic (exact) mass is 260 g/mol. The molecule has 106 valence electrons. The van der Waals surface area contributed by atoms with E-state index in [-0.39, 0.29) is 6.04 Å². The van der Waals surface area contributed by atoms with E-state index in [0.717, 1.165) is 6.42 Å². The van der Waals surface area contributed by atoms with Crippen molar-refractivity contribution in [2.75, 3.05) is 0 Å². The summed E-state index contributed by atoms with van der Waals surface area (Å²) in [5, 5.41) is 0. The minimum absolute atomic E-state index is 0.237. The Bertz CT molecular complexity index is 466. The molecule has 1 unspecified atom stereocenters. The quantitative estimate of drug-likeness (QED) is 0.870. The summed E-state index contributed by atoms with van der Waals surface area (Å²) in [5.41, 5.74) is 10.3. The van der Waals surface area contributed by atoms with Gasteiger partial charge in [0.2, 0.25) is 0 Å². The average Bonchev–Trinajstić information content (AvgIpc) is 2.94. The zero-order valence-electron chi connectivity index (χ0n) is 12.7. The number of hydrogen-bond acceptors (Lipinski definition) is 1. The van der Waals surface area contributed by atoms with Gasteiger partial charge in [-0.2, -0.15) is 0 Å². The maximum Gasteiger partial charge on any atom is 0.0318 e. The van der Waals surface area contributed by atoms with Crippen molar-refractivity contribution in [3.8, 4) is 0 Å². The second-order valence-electron chi connectivity index (χ2n) is 7.75. The van der Waals surface area contributed by atoms with E-state index in [2.05, 4.69) is 37.6 Å². The molecule has 0 saturated heterocycles. The average molecular weight is 260 g/mol. The maximum absolute atomic E-state index is 6.36. The molecule has 1 heterocycles. The number of nitrogens with zero attached hydrogens (tertiary/aromatic N) is 1. The predicted octanol–water partition coefficient (Wildman–Crippen LogP) is 4.04. The Morgan fingerprint density at radius 2 is 2.11 bits per heavy atom. The third kappa shape index (κ3) is 2.47. The van der Waals surface area contributed by atoms with Gasteiger partial charge in [-0.1, -0.05) is 27.2 Å². The van der Waals surface area contributed by atoms with E-state index in [4.69, 9.17) is 5.73 Å². The smallest absolute Gasteiger partial charge is 0.0318 e. The van der Waals surface area contributed by atoms with E-state index < -0.39 is 0 Å². The van der Waals surface area contributed by atoms with Gasteiger partial charge < -0.3 is 10.3 Å². The third-order valence-electron chi connectivity index (χ3n) is 5.18. The van der Waals surface area contributed by atoms with Gasteiger partial charge in [0, 0.05) is 24.5 Å². The van der Waals surface area contributed by atoms with E-state index in [0.29, 0.717) is 10.8 Å². The summed E-state index contributed by atoms with van der Waals surface area (Å²) in [7, 11) is 0. The zero-order chi connectivity index (χ0) is 13.7. The van der Waals surface area contributed by atoms with Gasteiger partial charge >= 0.3 is 0 Å². The summed E-state index contributed by atoms with van der Waals surface area (Å²) in [5.74, 6) is 0. The fourth-order valence-electron chi connectivity index (χ4n) is 4.00. The molecule has 2 aliphatic rings. The minimum atomic E-state index is 0.237. The normalized spacial score (nSPS) is 27.1. The topological polar surface area (TPSA) is 30.9 Å². The van der Waals surface area contributed by atoms with Crippen LogP contribution < -0.4 is 5.73 Å². The Kier molecular flexibility index (Phi) is 3.05. The molecule has 0 radical (unpaired) electrons. The van der Waals surface area contributed by atoms with Crippen LogP contribution in [0.3, 0.4) is 0 Å². The Hall–Kier alpha value is -0.760. The van der Waals surface area contributed by atoms with E-state index in [1.54, 1.807) is 0 Å². The standard InChI is InChI=1S/C17H28N2/c1-4-6-17(7-8-17)12-19-9-5-13-14(18)10-16(2,3)11-15(13)19/h5,9,14H,4,6-8,10-12,18H2,1-3H3. The zero-order valence-corrected chi connectivity index (χ0v) is 12.7. The second kappa shape index (κ2) is 4.37. The fourth-order valence-corrected chi connectivity index (χ4v) is 4.00. The molecular formula is C17H28N2. The summed E-state index contributed by atoms with van der Waals surface area (Å²) in [6, 6.07) is 2.51. The summed E-state index contributed by atoms with van der Waals surface area (Å²) in [6.07, 6.45) is 10.1. The molecule has 1 aromatic rings. The van der Waals surface area contributed by atoms with Crippen molar-refractivity contribution < 1.29 is 0 Å². The predicted molar refractivity (Wildman–Crippen MR) is 80.0 cm³/mol. The first kappa shape index (κ1) is 13.2. The van der Waals surface area contributed by atoms with Crippen molar-refractivity contribution in [3.63, 3.8) is 0 Å². The van der Waals surface area contributed by atoms with Crippen LogP contribution in [-0.2, 0) is 13.0 Å². The Labute approximate surface area is 117 Å². The van der Waals surface area contributed by atoms with E-state index in [1.807, 2.05) is 0 Å². The van der Waals surface area contributed by atoms with Crippen molar-refractivity contribution in [3.05, 3.63) is 23.5 Å². The molecule has 0 amide bonds. The van der Waals surface area contributed by atoms with Gasteiger partial charge in [0.1, 0.15) is 0 Å². The van der Waals surface area contributed by atoms with Gasteiger partial charge in [-0.15, -0.1) is 0 Å². The summed E-state index contributed by atoms with van der Waals surface area (Å²) in [6.45, 7) is 8.24. The van der Waals surface area contributed by atoms with Gasteiger partial charge in [-0.3, -0.25) is 0 Å². The first-order valence-corrected chi connectivity index (χ1v) is 7.88. The molecule has 2 heteroatoms. The van der Waals surface area contributed by atoms with Crippen LogP contribution in [0.15, 0.2) is 12.3 Å². The van der Waals surface area contributed by atoms with Crippen LogP contribution in [0.25, 0.3) is 0 Å². The minimum Gasteiger partial charge on any atom is -0.351 e. The fraction of sp³-hybridized carbons (Fsp3) is 0.765. The highest BCUT2D eigenvalue weighted by atomic mass is 15.0. The molecule has 2 N–H and O–H groups in total. The number of fused-ring (bicyclic) bond motifs is 1. The highest BCUT2D eigenvalue weighted by molar-refractivity contribution is 5.30. The van der Waals surface area contributed by atoms with Crippen LogP contribution in [0.1, 0.15) is 70.2 Å². The molecular weight excluding hydrogens is 232 g/mol. The van der Waals surface area contributed by atoms with Crippen molar-refractivity contribution in [2.24, 2.45) is 16.6 Å².